The molecule has 1 unspecified atom stereocenters. The minimum absolute atomic E-state index is 0.0982. The highest BCUT2D eigenvalue weighted by Gasteiger charge is 2.21. The molecular formula is C15H20Br2N4. The van der Waals surface area contributed by atoms with Gasteiger partial charge in [-0.15, -0.1) is 0 Å². The number of hydrazine groups is 1. The summed E-state index contributed by atoms with van der Waals surface area (Å²) in [5.41, 5.74) is 7.51. The van der Waals surface area contributed by atoms with Crippen molar-refractivity contribution < 1.29 is 0 Å². The topological polar surface area (TPSA) is 55.9 Å². The third kappa shape index (κ3) is 3.39. The second-order valence-corrected chi connectivity index (χ2v) is 6.82. The molecule has 0 radical (unpaired) electrons. The van der Waals surface area contributed by atoms with Crippen molar-refractivity contribution in [2.45, 2.75) is 39.8 Å². The van der Waals surface area contributed by atoms with Crippen LogP contribution in [0.25, 0.3) is 0 Å². The van der Waals surface area contributed by atoms with Gasteiger partial charge in [0, 0.05) is 11.0 Å². The van der Waals surface area contributed by atoms with Crippen LogP contribution in [0.5, 0.6) is 0 Å². The molecule has 0 saturated heterocycles. The molecule has 0 amide bonds. The summed E-state index contributed by atoms with van der Waals surface area (Å²) in [5.74, 6) is 5.84. The lowest BCUT2D eigenvalue weighted by atomic mass is 9.99. The molecule has 114 valence electrons. The lowest BCUT2D eigenvalue weighted by Gasteiger charge is -2.20. The minimum atomic E-state index is -0.0982. The fourth-order valence-electron chi connectivity index (χ4n) is 2.53. The summed E-state index contributed by atoms with van der Waals surface area (Å²) in [6, 6.07) is 4.20. The maximum atomic E-state index is 5.84. The van der Waals surface area contributed by atoms with E-state index >= 15 is 0 Å². The first kappa shape index (κ1) is 16.7. The van der Waals surface area contributed by atoms with Crippen molar-refractivity contribution >= 4 is 31.9 Å². The maximum Gasteiger partial charge on any atom is 0.0890 e. The fraction of sp³-hybridized carbons (Fsp3) is 0.400. The van der Waals surface area contributed by atoms with Crippen molar-refractivity contribution in [1.82, 2.24) is 15.2 Å². The number of nitrogens with two attached hydrogens (primary N) is 1. The Balaban J connectivity index is 2.52. The van der Waals surface area contributed by atoms with Gasteiger partial charge in [0.25, 0.3) is 0 Å². The molecule has 3 N–H and O–H groups in total. The van der Waals surface area contributed by atoms with Gasteiger partial charge in [-0.2, -0.15) is 5.10 Å². The highest BCUT2D eigenvalue weighted by atomic mass is 79.9. The zero-order valence-electron chi connectivity index (χ0n) is 12.5. The van der Waals surface area contributed by atoms with Gasteiger partial charge in [-0.1, -0.05) is 35.0 Å². The summed E-state index contributed by atoms with van der Waals surface area (Å²) in [6.45, 7) is 7.19. The summed E-state index contributed by atoms with van der Waals surface area (Å²) in [4.78, 5) is 0. The largest absolute Gasteiger partial charge is 0.271 e. The summed E-state index contributed by atoms with van der Waals surface area (Å²) < 4.78 is 4.11. The van der Waals surface area contributed by atoms with Crippen molar-refractivity contribution in [2.75, 3.05) is 0 Å². The van der Waals surface area contributed by atoms with Gasteiger partial charge in [0.1, 0.15) is 0 Å². The van der Waals surface area contributed by atoms with Gasteiger partial charge in [0.15, 0.2) is 0 Å². The standard InChI is InChI=1S/C15H20Br2N4/c1-4-5-21-15(12(16)8-19-21)14(20-18)11-6-9(2)13(17)10(3)7-11/h6-8,14,20H,4-5,18H2,1-3H3. The van der Waals surface area contributed by atoms with Crippen LogP contribution in [-0.4, -0.2) is 9.78 Å². The molecular weight excluding hydrogens is 396 g/mol. The number of hydrogen-bond donors (Lipinski definition) is 2. The van der Waals surface area contributed by atoms with E-state index in [-0.39, 0.29) is 6.04 Å². The van der Waals surface area contributed by atoms with Crippen LogP contribution < -0.4 is 11.3 Å². The predicted octanol–water partition coefficient (Wildman–Crippen LogP) is 3.99. The van der Waals surface area contributed by atoms with Crippen LogP contribution in [0.2, 0.25) is 0 Å². The molecule has 0 aliphatic heterocycles. The van der Waals surface area contributed by atoms with Gasteiger partial charge in [0.05, 0.1) is 22.4 Å². The van der Waals surface area contributed by atoms with Gasteiger partial charge >= 0.3 is 0 Å². The third-order valence-electron chi connectivity index (χ3n) is 3.50. The molecule has 1 atom stereocenters. The first-order chi connectivity index (χ1) is 9.99. The Kier molecular flexibility index (Phi) is 5.60. The summed E-state index contributed by atoms with van der Waals surface area (Å²) in [6.07, 6.45) is 2.85. The predicted molar refractivity (Wildman–Crippen MR) is 93.0 cm³/mol. The normalized spacial score (nSPS) is 12.7. The Morgan fingerprint density at radius 2 is 1.90 bits per heavy atom. The lowest BCUT2D eigenvalue weighted by Crippen LogP contribution is -2.31. The molecule has 4 nitrogen and oxygen atoms in total. The van der Waals surface area contributed by atoms with E-state index in [0.29, 0.717) is 0 Å². The van der Waals surface area contributed by atoms with Crippen molar-refractivity contribution in [3.05, 3.63) is 49.7 Å². The van der Waals surface area contributed by atoms with Gasteiger partial charge in [0.2, 0.25) is 0 Å². The van der Waals surface area contributed by atoms with Crippen molar-refractivity contribution in [1.29, 1.82) is 0 Å². The van der Waals surface area contributed by atoms with Gasteiger partial charge in [-0.25, -0.2) is 5.43 Å². The van der Waals surface area contributed by atoms with E-state index in [0.717, 1.165) is 33.2 Å². The van der Waals surface area contributed by atoms with E-state index < -0.39 is 0 Å². The zero-order chi connectivity index (χ0) is 15.6. The number of nitrogens with one attached hydrogen (secondary N) is 1. The molecule has 0 aliphatic carbocycles. The molecule has 1 heterocycles. The zero-order valence-corrected chi connectivity index (χ0v) is 15.6. The second-order valence-electron chi connectivity index (χ2n) is 5.17. The number of halogens is 2. The first-order valence-electron chi connectivity index (χ1n) is 6.93. The highest BCUT2D eigenvalue weighted by molar-refractivity contribution is 9.10. The Morgan fingerprint density at radius 1 is 1.29 bits per heavy atom. The van der Waals surface area contributed by atoms with E-state index in [1.165, 1.54) is 11.1 Å². The highest BCUT2D eigenvalue weighted by Crippen LogP contribution is 2.32. The smallest absolute Gasteiger partial charge is 0.0890 e. The van der Waals surface area contributed by atoms with Crippen LogP contribution in [0.3, 0.4) is 0 Å². The van der Waals surface area contributed by atoms with E-state index in [4.69, 9.17) is 5.84 Å². The molecule has 2 aromatic rings. The second kappa shape index (κ2) is 7.05. The minimum Gasteiger partial charge on any atom is -0.271 e. The SMILES string of the molecule is CCCn1ncc(Br)c1C(NN)c1cc(C)c(Br)c(C)c1. The Morgan fingerprint density at radius 3 is 2.43 bits per heavy atom. The van der Waals surface area contributed by atoms with Crippen LogP contribution in [0.15, 0.2) is 27.3 Å². The molecule has 0 aliphatic rings. The molecule has 0 spiro atoms. The molecule has 0 fully saturated rings. The number of aryl methyl sites for hydroxylation is 3. The average molecular weight is 416 g/mol. The van der Waals surface area contributed by atoms with Crippen molar-refractivity contribution in [3.8, 4) is 0 Å². The number of nitrogens with zero attached hydrogens (tertiary/aromatic N) is 2. The number of rotatable bonds is 5. The Bertz CT molecular complexity index is 614. The molecule has 0 saturated carbocycles. The molecule has 1 aromatic carbocycles. The number of benzene rings is 1. The summed E-state index contributed by atoms with van der Waals surface area (Å²) in [5, 5.41) is 4.43. The quantitative estimate of drug-likeness (QED) is 0.573. The number of hydrogen-bond acceptors (Lipinski definition) is 3. The summed E-state index contributed by atoms with van der Waals surface area (Å²) >= 11 is 7.20. The molecule has 1 aromatic heterocycles. The van der Waals surface area contributed by atoms with Crippen LogP contribution in [0, 0.1) is 13.8 Å². The van der Waals surface area contributed by atoms with E-state index in [2.05, 4.69) is 75.3 Å². The van der Waals surface area contributed by atoms with Gasteiger partial charge < -0.3 is 0 Å². The lowest BCUT2D eigenvalue weighted by molar-refractivity contribution is 0.519. The first-order valence-corrected chi connectivity index (χ1v) is 8.52. The molecule has 6 heteroatoms. The van der Waals surface area contributed by atoms with Crippen LogP contribution >= 0.6 is 31.9 Å². The number of aromatic nitrogens is 2. The third-order valence-corrected chi connectivity index (χ3v) is 5.36. The monoisotopic (exact) mass is 414 g/mol. The van der Waals surface area contributed by atoms with Crippen LogP contribution in [0.1, 0.15) is 41.8 Å². The van der Waals surface area contributed by atoms with E-state index in [1.807, 2.05) is 10.9 Å². The van der Waals surface area contributed by atoms with E-state index in [1.54, 1.807) is 0 Å². The van der Waals surface area contributed by atoms with Gasteiger partial charge in [-0.3, -0.25) is 10.5 Å². The Hall–Kier alpha value is -0.690. The molecule has 21 heavy (non-hydrogen) atoms. The fourth-order valence-corrected chi connectivity index (χ4v) is 3.28. The van der Waals surface area contributed by atoms with Crippen LogP contribution in [0.4, 0.5) is 0 Å². The summed E-state index contributed by atoms with van der Waals surface area (Å²) in [7, 11) is 0. The van der Waals surface area contributed by atoms with Crippen molar-refractivity contribution in [3.63, 3.8) is 0 Å². The average Bonchev–Trinajstić information content (AvgIpc) is 2.79. The van der Waals surface area contributed by atoms with Gasteiger partial charge in [-0.05, 0) is 52.9 Å². The molecule has 0 bridgehead atoms. The van der Waals surface area contributed by atoms with E-state index in [9.17, 15) is 0 Å². The molecule has 2 rings (SSSR count). The van der Waals surface area contributed by atoms with Crippen molar-refractivity contribution in [2.24, 2.45) is 5.84 Å². The Labute approximate surface area is 142 Å². The van der Waals surface area contributed by atoms with Crippen LogP contribution in [-0.2, 0) is 6.54 Å². The maximum absolute atomic E-state index is 5.84.